The van der Waals surface area contributed by atoms with E-state index in [1.807, 2.05) is 0 Å². The zero-order chi connectivity index (χ0) is 8.85. The molecule has 0 heterocycles. The van der Waals surface area contributed by atoms with Gasteiger partial charge in [-0.25, -0.2) is 0 Å². The number of carbonyl (C=O) groups excluding carboxylic acids is 2. The molecule has 0 aliphatic carbocycles. The molecule has 0 spiro atoms. The van der Waals surface area contributed by atoms with E-state index in [2.05, 4.69) is 5.32 Å². The lowest BCUT2D eigenvalue weighted by Crippen LogP contribution is -2.46. The van der Waals surface area contributed by atoms with Crippen LogP contribution in [0.2, 0.25) is 0 Å². The van der Waals surface area contributed by atoms with E-state index in [-0.39, 0.29) is 0 Å². The number of aliphatic hydroxyl groups excluding tert-OH is 1. The fourth-order valence-electron chi connectivity index (χ4n) is 0.433. The van der Waals surface area contributed by atoms with Gasteiger partial charge < -0.3 is 16.2 Å². The Bertz CT molecular complexity index is 149. The molecule has 0 aromatic rings. The normalized spacial score (nSPS) is 15.2. The molecular formula is C6H11N2O3. The maximum absolute atomic E-state index is 10.8. The molecular weight excluding hydrogens is 148 g/mol. The maximum atomic E-state index is 10.8. The number of nitrogens with one attached hydrogen (secondary N) is 1. The number of carbonyl (C=O) groups is 1. The highest BCUT2D eigenvalue weighted by molar-refractivity contribution is 5.84. The monoisotopic (exact) mass is 159 g/mol. The Balaban J connectivity index is 3.76. The van der Waals surface area contributed by atoms with Crippen LogP contribution in [0.25, 0.3) is 0 Å². The largest absolute Gasteiger partial charge is 0.394 e. The van der Waals surface area contributed by atoms with Crippen molar-refractivity contribution in [3.05, 3.63) is 0 Å². The van der Waals surface area contributed by atoms with Crippen LogP contribution in [0.1, 0.15) is 6.92 Å². The Kier molecular flexibility index (Phi) is 4.40. The predicted molar refractivity (Wildman–Crippen MR) is 38.4 cm³/mol. The van der Waals surface area contributed by atoms with E-state index in [4.69, 9.17) is 10.8 Å². The fraction of sp³-hybridized carbons (Fsp3) is 0.667. The minimum atomic E-state index is -0.967. The third-order valence-corrected chi connectivity index (χ3v) is 1.07. The van der Waals surface area contributed by atoms with Gasteiger partial charge in [-0.2, -0.15) is 0 Å². The molecule has 1 radical (unpaired) electrons. The van der Waals surface area contributed by atoms with Crippen molar-refractivity contribution >= 4 is 12.2 Å². The van der Waals surface area contributed by atoms with Crippen molar-refractivity contribution in [1.29, 1.82) is 0 Å². The van der Waals surface area contributed by atoms with Gasteiger partial charge in [0, 0.05) is 0 Å². The molecule has 0 bridgehead atoms. The summed E-state index contributed by atoms with van der Waals surface area (Å²) >= 11 is 0. The van der Waals surface area contributed by atoms with Crippen LogP contribution in [-0.4, -0.2) is 36.0 Å². The number of nitrogens with two attached hydrogens (primary N) is 1. The fourth-order valence-corrected chi connectivity index (χ4v) is 0.433. The first-order valence-corrected chi connectivity index (χ1v) is 3.16. The number of hydrogen-bond donors (Lipinski definition) is 3. The van der Waals surface area contributed by atoms with Crippen LogP contribution in [0.3, 0.4) is 0 Å². The molecule has 2 atom stereocenters. The average Bonchev–Trinajstić information content (AvgIpc) is 2.02. The van der Waals surface area contributed by atoms with E-state index in [1.54, 1.807) is 6.29 Å². The summed E-state index contributed by atoms with van der Waals surface area (Å²) in [4.78, 5) is 20.7. The Morgan fingerprint density at radius 1 is 1.82 bits per heavy atom. The number of aliphatic hydroxyl groups is 1. The van der Waals surface area contributed by atoms with E-state index in [0.29, 0.717) is 0 Å². The molecule has 0 saturated heterocycles. The summed E-state index contributed by atoms with van der Waals surface area (Å²) in [6, 6.07) is -1.65. The second-order valence-electron chi connectivity index (χ2n) is 2.14. The molecule has 0 aliphatic rings. The summed E-state index contributed by atoms with van der Waals surface area (Å²) in [6.45, 7) is 1.03. The molecule has 63 valence electrons. The highest BCUT2D eigenvalue weighted by Gasteiger charge is 2.13. The lowest BCUT2D eigenvalue weighted by Gasteiger charge is -2.10. The van der Waals surface area contributed by atoms with E-state index < -0.39 is 24.6 Å². The van der Waals surface area contributed by atoms with Crippen molar-refractivity contribution in [3.8, 4) is 0 Å². The van der Waals surface area contributed by atoms with Gasteiger partial charge in [-0.1, -0.05) is 0 Å². The zero-order valence-corrected chi connectivity index (χ0v) is 6.20. The first-order valence-electron chi connectivity index (χ1n) is 3.16. The highest BCUT2D eigenvalue weighted by Crippen LogP contribution is 1.79. The molecule has 1 amide bonds. The Morgan fingerprint density at radius 3 is 2.73 bits per heavy atom. The third kappa shape index (κ3) is 3.69. The first-order chi connectivity index (χ1) is 5.11. The van der Waals surface area contributed by atoms with Crippen molar-refractivity contribution < 1.29 is 14.7 Å². The Labute approximate surface area is 64.6 Å². The third-order valence-electron chi connectivity index (χ3n) is 1.07. The quantitative estimate of drug-likeness (QED) is 0.439. The van der Waals surface area contributed by atoms with Crippen molar-refractivity contribution in [1.82, 2.24) is 5.32 Å². The van der Waals surface area contributed by atoms with Gasteiger partial charge in [-0.3, -0.25) is 9.59 Å². The SMILES string of the molecule is C[C@@H]([C]=O)NC(=O)[C@@H](N)CO. The lowest BCUT2D eigenvalue weighted by atomic mass is 10.3. The van der Waals surface area contributed by atoms with Crippen LogP contribution >= 0.6 is 0 Å². The molecule has 0 aliphatic heterocycles. The summed E-state index contributed by atoms with van der Waals surface area (Å²) in [5.41, 5.74) is 5.13. The Morgan fingerprint density at radius 2 is 2.36 bits per heavy atom. The number of rotatable bonds is 4. The molecule has 0 aromatic heterocycles. The highest BCUT2D eigenvalue weighted by atomic mass is 16.3. The molecule has 5 heteroatoms. The van der Waals surface area contributed by atoms with Crippen molar-refractivity contribution in [3.63, 3.8) is 0 Å². The first kappa shape index (κ1) is 10.1. The smallest absolute Gasteiger partial charge is 0.239 e. The lowest BCUT2D eigenvalue weighted by molar-refractivity contribution is -0.123. The molecule has 0 rings (SSSR count). The van der Waals surface area contributed by atoms with Gasteiger partial charge in [0.25, 0.3) is 0 Å². The van der Waals surface area contributed by atoms with Crippen molar-refractivity contribution in [2.45, 2.75) is 19.0 Å². The molecule has 5 nitrogen and oxygen atoms in total. The Hall–Kier alpha value is -0.940. The maximum Gasteiger partial charge on any atom is 0.239 e. The summed E-state index contributed by atoms with van der Waals surface area (Å²) in [5.74, 6) is -0.552. The number of amides is 1. The van der Waals surface area contributed by atoms with E-state index >= 15 is 0 Å². The van der Waals surface area contributed by atoms with E-state index in [0.717, 1.165) is 0 Å². The van der Waals surface area contributed by atoms with E-state index in [1.165, 1.54) is 6.92 Å². The van der Waals surface area contributed by atoms with Gasteiger partial charge in [-0.05, 0) is 6.92 Å². The molecule has 4 N–H and O–H groups in total. The zero-order valence-electron chi connectivity index (χ0n) is 6.20. The van der Waals surface area contributed by atoms with Crippen LogP contribution in [0.4, 0.5) is 0 Å². The van der Waals surface area contributed by atoms with Gasteiger partial charge in [0.1, 0.15) is 6.04 Å². The summed E-state index contributed by atoms with van der Waals surface area (Å²) in [6.07, 6.45) is 1.56. The molecule has 11 heavy (non-hydrogen) atoms. The summed E-state index contributed by atoms with van der Waals surface area (Å²) in [5, 5.41) is 10.6. The number of hydrogen-bond acceptors (Lipinski definition) is 4. The molecule has 0 fully saturated rings. The summed E-state index contributed by atoms with van der Waals surface area (Å²) in [7, 11) is 0. The average molecular weight is 159 g/mol. The standard InChI is InChI=1S/C6H11N2O3/c1-4(2-9)8-6(11)5(7)3-10/h4-5,10H,3,7H2,1H3,(H,8,11)/t4-,5-/m0/s1. The molecule has 0 aromatic carbocycles. The minimum Gasteiger partial charge on any atom is -0.394 e. The minimum absolute atomic E-state index is 0.433. The predicted octanol–water partition coefficient (Wildman–Crippen LogP) is -2.08. The van der Waals surface area contributed by atoms with Crippen LogP contribution in [-0.2, 0) is 9.59 Å². The van der Waals surface area contributed by atoms with Crippen LogP contribution in [0.5, 0.6) is 0 Å². The van der Waals surface area contributed by atoms with Crippen LogP contribution in [0.15, 0.2) is 0 Å². The topological polar surface area (TPSA) is 92.4 Å². The molecule has 0 saturated carbocycles. The summed E-state index contributed by atoms with van der Waals surface area (Å²) < 4.78 is 0. The van der Waals surface area contributed by atoms with Crippen molar-refractivity contribution in [2.75, 3.05) is 6.61 Å². The van der Waals surface area contributed by atoms with E-state index in [9.17, 15) is 9.59 Å². The van der Waals surface area contributed by atoms with Crippen molar-refractivity contribution in [2.24, 2.45) is 5.73 Å². The van der Waals surface area contributed by atoms with Gasteiger partial charge in [0.15, 0.2) is 0 Å². The second kappa shape index (κ2) is 4.81. The van der Waals surface area contributed by atoms with Gasteiger partial charge in [-0.15, -0.1) is 0 Å². The van der Waals surface area contributed by atoms with Crippen LogP contribution < -0.4 is 11.1 Å². The van der Waals surface area contributed by atoms with Gasteiger partial charge >= 0.3 is 0 Å². The molecule has 0 unspecified atom stereocenters. The van der Waals surface area contributed by atoms with Gasteiger partial charge in [0.2, 0.25) is 12.2 Å². The van der Waals surface area contributed by atoms with Gasteiger partial charge in [0.05, 0.1) is 12.6 Å². The van der Waals surface area contributed by atoms with Crippen LogP contribution in [0, 0.1) is 0 Å². The second-order valence-corrected chi connectivity index (χ2v) is 2.14.